The number of carbonyl (C=O) groups excluding carboxylic acids is 1. The molecule has 3 aromatic rings. The Hall–Kier alpha value is -3.01. The highest BCUT2D eigenvalue weighted by atomic mass is 32.2. The largest absolute Gasteiger partial charge is 0.440 e. The normalized spacial score (nSPS) is 17.0. The number of carbonyl (C=O) groups is 1. The lowest BCUT2D eigenvalue weighted by Crippen LogP contribution is -2.32. The van der Waals surface area contributed by atoms with Crippen LogP contribution in [0.25, 0.3) is 10.8 Å². The van der Waals surface area contributed by atoms with E-state index in [-0.39, 0.29) is 29.6 Å². The highest BCUT2D eigenvalue weighted by molar-refractivity contribution is 7.89. The van der Waals surface area contributed by atoms with Crippen LogP contribution < -0.4 is 11.3 Å². The van der Waals surface area contributed by atoms with E-state index in [4.69, 9.17) is 10.5 Å². The molecule has 1 aliphatic rings. The zero-order valence-electron chi connectivity index (χ0n) is 17.9. The minimum absolute atomic E-state index is 0.0700. The molecule has 1 saturated heterocycles. The van der Waals surface area contributed by atoms with E-state index in [1.807, 2.05) is 26.0 Å². The van der Waals surface area contributed by atoms with Crippen molar-refractivity contribution in [2.75, 3.05) is 13.1 Å². The molecule has 9 heteroatoms. The molecule has 168 valence electrons. The Kier molecular flexibility index (Phi) is 5.89. The summed E-state index contributed by atoms with van der Waals surface area (Å²) in [4.78, 5) is 25.5. The van der Waals surface area contributed by atoms with Crippen molar-refractivity contribution in [3.63, 3.8) is 0 Å². The Labute approximate surface area is 186 Å². The quantitative estimate of drug-likeness (QED) is 0.590. The number of nitrogens with zero attached hydrogens (tertiary/aromatic N) is 2. The van der Waals surface area contributed by atoms with Gasteiger partial charge in [-0.2, -0.15) is 4.31 Å². The molecule has 1 aliphatic heterocycles. The lowest BCUT2D eigenvalue weighted by Gasteiger charge is -2.17. The van der Waals surface area contributed by atoms with Crippen LogP contribution in [0.4, 0.5) is 0 Å². The predicted octanol–water partition coefficient (Wildman–Crippen LogP) is 2.15. The van der Waals surface area contributed by atoms with Gasteiger partial charge in [-0.25, -0.2) is 13.2 Å². The number of aromatic nitrogens is 1. The summed E-state index contributed by atoms with van der Waals surface area (Å²) in [6.07, 6.45) is 2.04. The number of ether oxygens (including phenoxy) is 1. The summed E-state index contributed by atoms with van der Waals surface area (Å²) in [5, 5.41) is 0.564. The van der Waals surface area contributed by atoms with Crippen LogP contribution in [0, 0.1) is 13.8 Å². The van der Waals surface area contributed by atoms with Crippen LogP contribution in [0.2, 0.25) is 0 Å². The molecule has 0 saturated carbocycles. The van der Waals surface area contributed by atoms with E-state index in [1.165, 1.54) is 21.1 Å². The summed E-state index contributed by atoms with van der Waals surface area (Å²) >= 11 is 0. The standard InChI is InChI=1S/C23H25N3O5S/c1-15-6-7-18(16(2)12-15)23(28)31-14-25-10-9-19-20(22(25)27)4-3-5-21(19)32(29,30)26-11-8-17(24)13-26/h3-7,9-10,12,17H,8,11,13-14,24H2,1-2H3/t17-/m1/s1. The minimum atomic E-state index is -3.78. The Morgan fingerprint density at radius 1 is 1.16 bits per heavy atom. The Bertz CT molecular complexity index is 1360. The number of sulfonamides is 1. The summed E-state index contributed by atoms with van der Waals surface area (Å²) in [6, 6.07) is 11.4. The number of aryl methyl sites for hydroxylation is 2. The van der Waals surface area contributed by atoms with Crippen LogP contribution in [0.3, 0.4) is 0 Å². The molecule has 32 heavy (non-hydrogen) atoms. The highest BCUT2D eigenvalue weighted by Crippen LogP contribution is 2.26. The van der Waals surface area contributed by atoms with E-state index in [0.717, 1.165) is 11.1 Å². The molecule has 1 fully saturated rings. The SMILES string of the molecule is Cc1ccc(C(=O)OCn2ccc3c(S(=O)(=O)N4CC[C@@H](N)C4)cccc3c2=O)c(C)c1. The van der Waals surface area contributed by atoms with E-state index in [9.17, 15) is 18.0 Å². The number of fused-ring (bicyclic) bond motifs is 1. The van der Waals surface area contributed by atoms with Crippen molar-refractivity contribution in [3.8, 4) is 0 Å². The number of hydrogen-bond donors (Lipinski definition) is 1. The maximum Gasteiger partial charge on any atom is 0.340 e. The third-order valence-corrected chi connectivity index (χ3v) is 7.64. The molecule has 0 bridgehead atoms. The molecule has 2 heterocycles. The molecule has 2 aromatic carbocycles. The molecule has 0 spiro atoms. The third kappa shape index (κ3) is 4.06. The van der Waals surface area contributed by atoms with Crippen molar-refractivity contribution in [2.45, 2.75) is 37.9 Å². The zero-order chi connectivity index (χ0) is 23.0. The summed E-state index contributed by atoms with van der Waals surface area (Å²) in [6.45, 7) is 4.08. The second kappa shape index (κ2) is 8.50. The van der Waals surface area contributed by atoms with Gasteiger partial charge in [0.25, 0.3) is 5.56 Å². The van der Waals surface area contributed by atoms with Gasteiger partial charge in [-0.15, -0.1) is 0 Å². The maximum atomic E-state index is 13.1. The molecule has 0 unspecified atom stereocenters. The number of esters is 1. The fraction of sp³-hybridized carbons (Fsp3) is 0.304. The van der Waals surface area contributed by atoms with Gasteiger partial charge in [-0.1, -0.05) is 23.8 Å². The molecule has 2 N–H and O–H groups in total. The fourth-order valence-electron chi connectivity index (χ4n) is 3.98. The molecule has 1 atom stereocenters. The zero-order valence-corrected chi connectivity index (χ0v) is 18.8. The van der Waals surface area contributed by atoms with Gasteiger partial charge < -0.3 is 10.5 Å². The van der Waals surface area contributed by atoms with Crippen molar-refractivity contribution >= 4 is 26.8 Å². The molecule has 4 rings (SSSR count). The summed E-state index contributed by atoms with van der Waals surface area (Å²) in [5.41, 5.74) is 7.69. The van der Waals surface area contributed by atoms with E-state index < -0.39 is 21.6 Å². The topological polar surface area (TPSA) is 112 Å². The van der Waals surface area contributed by atoms with E-state index in [0.29, 0.717) is 23.9 Å². The highest BCUT2D eigenvalue weighted by Gasteiger charge is 2.32. The molecule has 0 amide bonds. The molecular weight excluding hydrogens is 430 g/mol. The average Bonchev–Trinajstić information content (AvgIpc) is 3.20. The van der Waals surface area contributed by atoms with Crippen molar-refractivity contribution in [2.24, 2.45) is 5.73 Å². The van der Waals surface area contributed by atoms with Crippen molar-refractivity contribution in [1.82, 2.24) is 8.87 Å². The van der Waals surface area contributed by atoms with Crippen molar-refractivity contribution < 1.29 is 17.9 Å². The van der Waals surface area contributed by atoms with Crippen LogP contribution in [0.15, 0.2) is 58.4 Å². The molecule has 8 nitrogen and oxygen atoms in total. The second-order valence-corrected chi connectivity index (χ2v) is 10.0. The lowest BCUT2D eigenvalue weighted by molar-refractivity contribution is 0.0366. The van der Waals surface area contributed by atoms with Crippen LogP contribution >= 0.6 is 0 Å². The van der Waals surface area contributed by atoms with E-state index in [2.05, 4.69) is 0 Å². The van der Waals surface area contributed by atoms with Crippen LogP contribution in [-0.2, 0) is 21.5 Å². The maximum absolute atomic E-state index is 13.1. The van der Waals surface area contributed by atoms with Crippen molar-refractivity contribution in [1.29, 1.82) is 0 Å². The van der Waals surface area contributed by atoms with Gasteiger partial charge in [0.1, 0.15) is 0 Å². The van der Waals surface area contributed by atoms with Crippen molar-refractivity contribution in [3.05, 3.63) is 75.7 Å². The molecule has 1 aromatic heterocycles. The summed E-state index contributed by atoms with van der Waals surface area (Å²) < 4.78 is 34.2. The molecule has 0 aliphatic carbocycles. The summed E-state index contributed by atoms with van der Waals surface area (Å²) in [5.74, 6) is -0.531. The van der Waals surface area contributed by atoms with Gasteiger partial charge in [-0.05, 0) is 50.1 Å². The average molecular weight is 456 g/mol. The van der Waals surface area contributed by atoms with Gasteiger partial charge in [0.15, 0.2) is 6.73 Å². The predicted molar refractivity (Wildman–Crippen MR) is 121 cm³/mol. The van der Waals surface area contributed by atoms with Gasteiger partial charge in [-0.3, -0.25) is 9.36 Å². The van der Waals surface area contributed by atoms with Gasteiger partial charge in [0.05, 0.1) is 10.5 Å². The molecule has 0 radical (unpaired) electrons. The number of pyridine rings is 1. The van der Waals surface area contributed by atoms with Gasteiger partial charge in [0.2, 0.25) is 10.0 Å². The summed E-state index contributed by atoms with van der Waals surface area (Å²) in [7, 11) is -3.78. The number of nitrogens with two attached hydrogens (primary N) is 1. The second-order valence-electron chi connectivity index (χ2n) is 8.10. The monoisotopic (exact) mass is 455 g/mol. The first-order chi connectivity index (χ1) is 15.2. The third-order valence-electron chi connectivity index (χ3n) is 5.72. The number of hydrogen-bond acceptors (Lipinski definition) is 6. The van der Waals surface area contributed by atoms with E-state index in [1.54, 1.807) is 24.3 Å². The van der Waals surface area contributed by atoms with E-state index >= 15 is 0 Å². The van der Waals surface area contributed by atoms with Gasteiger partial charge >= 0.3 is 5.97 Å². The fourth-order valence-corrected chi connectivity index (χ4v) is 5.69. The first-order valence-corrected chi connectivity index (χ1v) is 11.7. The first kappa shape index (κ1) is 22.2. The number of benzene rings is 2. The first-order valence-electron chi connectivity index (χ1n) is 10.3. The number of rotatable bonds is 5. The van der Waals surface area contributed by atoms with Crippen LogP contribution in [0.5, 0.6) is 0 Å². The van der Waals surface area contributed by atoms with Gasteiger partial charge in [0, 0.05) is 36.1 Å². The van der Waals surface area contributed by atoms with Crippen LogP contribution in [0.1, 0.15) is 27.9 Å². The Balaban J connectivity index is 1.62. The Morgan fingerprint density at radius 2 is 1.94 bits per heavy atom. The smallest absolute Gasteiger partial charge is 0.340 e. The lowest BCUT2D eigenvalue weighted by atomic mass is 10.1. The van der Waals surface area contributed by atoms with Crippen LogP contribution in [-0.4, -0.2) is 42.4 Å². The minimum Gasteiger partial charge on any atom is -0.440 e. The molecular formula is C23H25N3O5S. The Morgan fingerprint density at radius 3 is 2.62 bits per heavy atom.